The second-order valence-electron chi connectivity index (χ2n) is 6.56. The summed E-state index contributed by atoms with van der Waals surface area (Å²) in [6, 6.07) is 10.5. The molecule has 0 aliphatic rings. The van der Waals surface area contributed by atoms with E-state index in [9.17, 15) is 26.4 Å². The monoisotopic (exact) mass is 504 g/mol. The first-order valence-corrected chi connectivity index (χ1v) is 11.9. The topological polar surface area (TPSA) is 93.9 Å². The number of amides is 1. The van der Waals surface area contributed by atoms with Gasteiger partial charge in [-0.3, -0.25) is 4.79 Å². The lowest BCUT2D eigenvalue weighted by atomic mass is 10.2. The molecule has 0 radical (unpaired) electrons. The van der Waals surface area contributed by atoms with Gasteiger partial charge in [0.05, 0.1) is 26.9 Å². The molecule has 0 atom stereocenters. The van der Waals surface area contributed by atoms with Crippen LogP contribution in [0.5, 0.6) is 0 Å². The molecule has 7 nitrogen and oxygen atoms in total. The number of rotatable bonds is 7. The molecule has 0 saturated carbocycles. The molecule has 1 aromatic heterocycles. The molecule has 0 aliphatic carbocycles. The summed E-state index contributed by atoms with van der Waals surface area (Å²) in [4.78, 5) is 12.4. The number of nitrogens with zero attached hydrogens (tertiary/aromatic N) is 3. The van der Waals surface area contributed by atoms with Gasteiger partial charge in [0, 0.05) is 7.05 Å². The van der Waals surface area contributed by atoms with Crippen molar-refractivity contribution in [2.45, 2.75) is 22.0 Å². The quantitative estimate of drug-likeness (QED) is 0.485. The first kappa shape index (κ1) is 24.1. The predicted molar refractivity (Wildman–Crippen MR) is 114 cm³/mol. The van der Waals surface area contributed by atoms with Crippen molar-refractivity contribution in [3.8, 4) is 0 Å². The maximum atomic E-state index is 12.9. The molecule has 1 heterocycles. The van der Waals surface area contributed by atoms with Crippen LogP contribution in [0, 0.1) is 0 Å². The van der Waals surface area contributed by atoms with E-state index in [1.165, 1.54) is 16.7 Å². The molecule has 3 aromatic rings. The summed E-state index contributed by atoms with van der Waals surface area (Å²) < 4.78 is 65.1. The van der Waals surface area contributed by atoms with E-state index in [1.807, 2.05) is 0 Å². The second kappa shape index (κ2) is 9.51. The van der Waals surface area contributed by atoms with Gasteiger partial charge in [-0.2, -0.15) is 13.2 Å². The zero-order chi connectivity index (χ0) is 23.5. The third kappa shape index (κ3) is 5.81. The molecule has 0 fully saturated rings. The van der Waals surface area contributed by atoms with Crippen LogP contribution >= 0.6 is 23.4 Å². The second-order valence-corrected chi connectivity index (χ2v) is 9.90. The Morgan fingerprint density at radius 2 is 1.84 bits per heavy atom. The lowest BCUT2D eigenvalue weighted by Crippen LogP contribution is -2.16. The predicted octanol–water partition coefficient (Wildman–Crippen LogP) is 4.19. The summed E-state index contributed by atoms with van der Waals surface area (Å²) in [6.45, 7) is 0. The van der Waals surface area contributed by atoms with Crippen molar-refractivity contribution in [2.24, 2.45) is 7.05 Å². The summed E-state index contributed by atoms with van der Waals surface area (Å²) in [7, 11) is -2.08. The highest BCUT2D eigenvalue weighted by atomic mass is 35.5. The standard InChI is InChI=1S/C19H16ClF3N4O3S2/c1-27-16(11-32(29,30)13-5-3-2-4-6-13)25-26-18(27)31-10-17(28)24-15-9-12(19(21,22)23)7-8-14(15)20/h2-9H,10-11H2,1H3,(H,24,28). The maximum absolute atomic E-state index is 12.9. The van der Waals surface area contributed by atoms with E-state index in [0.717, 1.165) is 30.0 Å². The lowest BCUT2D eigenvalue weighted by molar-refractivity contribution is -0.137. The van der Waals surface area contributed by atoms with Crippen molar-refractivity contribution in [3.05, 3.63) is 64.9 Å². The zero-order valence-corrected chi connectivity index (χ0v) is 18.8. The Kier molecular flexibility index (Phi) is 7.16. The Balaban J connectivity index is 1.65. The number of alkyl halides is 3. The average Bonchev–Trinajstić information content (AvgIpc) is 3.07. The number of nitrogens with one attached hydrogen (secondary N) is 1. The Morgan fingerprint density at radius 1 is 1.16 bits per heavy atom. The van der Waals surface area contributed by atoms with E-state index in [-0.39, 0.29) is 38.1 Å². The van der Waals surface area contributed by atoms with Gasteiger partial charge in [0.15, 0.2) is 15.0 Å². The molecular formula is C19H16ClF3N4O3S2. The number of hydrogen-bond donors (Lipinski definition) is 1. The zero-order valence-electron chi connectivity index (χ0n) is 16.4. The molecular weight excluding hydrogens is 489 g/mol. The molecule has 3 rings (SSSR count). The van der Waals surface area contributed by atoms with E-state index >= 15 is 0 Å². The summed E-state index contributed by atoms with van der Waals surface area (Å²) in [5.74, 6) is -1.02. The van der Waals surface area contributed by atoms with Crippen LogP contribution in [-0.2, 0) is 33.6 Å². The van der Waals surface area contributed by atoms with Gasteiger partial charge in [-0.15, -0.1) is 10.2 Å². The summed E-state index contributed by atoms with van der Waals surface area (Å²) in [6.07, 6.45) is -4.58. The van der Waals surface area contributed by atoms with Gasteiger partial charge in [0.25, 0.3) is 0 Å². The molecule has 0 saturated heterocycles. The van der Waals surface area contributed by atoms with Crippen LogP contribution in [0.15, 0.2) is 58.6 Å². The molecule has 1 N–H and O–H groups in total. The van der Waals surface area contributed by atoms with Crippen molar-refractivity contribution in [1.29, 1.82) is 0 Å². The van der Waals surface area contributed by atoms with Crippen LogP contribution in [-0.4, -0.2) is 34.8 Å². The van der Waals surface area contributed by atoms with Crippen molar-refractivity contribution in [1.82, 2.24) is 14.8 Å². The summed E-state index contributed by atoms with van der Waals surface area (Å²) >= 11 is 6.83. The molecule has 1 amide bonds. The number of carbonyl (C=O) groups is 1. The minimum Gasteiger partial charge on any atom is -0.324 e. The maximum Gasteiger partial charge on any atom is 0.416 e. The molecule has 0 aliphatic heterocycles. The van der Waals surface area contributed by atoms with Crippen LogP contribution < -0.4 is 5.32 Å². The number of hydrogen-bond acceptors (Lipinski definition) is 6. The number of anilines is 1. The van der Waals surface area contributed by atoms with E-state index in [4.69, 9.17) is 11.6 Å². The molecule has 0 spiro atoms. The van der Waals surface area contributed by atoms with Crippen LogP contribution in [0.25, 0.3) is 0 Å². The Morgan fingerprint density at radius 3 is 2.50 bits per heavy atom. The van der Waals surface area contributed by atoms with Crippen molar-refractivity contribution >= 4 is 44.8 Å². The number of aromatic nitrogens is 3. The van der Waals surface area contributed by atoms with Gasteiger partial charge >= 0.3 is 6.18 Å². The highest BCUT2D eigenvalue weighted by Crippen LogP contribution is 2.34. The van der Waals surface area contributed by atoms with Gasteiger partial charge in [0.1, 0.15) is 11.6 Å². The van der Waals surface area contributed by atoms with Crippen LogP contribution in [0.4, 0.5) is 18.9 Å². The molecule has 0 unspecified atom stereocenters. The molecule has 2 aromatic carbocycles. The lowest BCUT2D eigenvalue weighted by Gasteiger charge is -2.11. The Bertz CT molecular complexity index is 1230. The fourth-order valence-electron chi connectivity index (χ4n) is 2.59. The van der Waals surface area contributed by atoms with Crippen LogP contribution in [0.2, 0.25) is 5.02 Å². The smallest absolute Gasteiger partial charge is 0.324 e. The van der Waals surface area contributed by atoms with Crippen molar-refractivity contribution in [3.63, 3.8) is 0 Å². The minimum atomic E-state index is -4.58. The highest BCUT2D eigenvalue weighted by Gasteiger charge is 2.31. The third-order valence-corrected chi connectivity index (χ3v) is 7.23. The van der Waals surface area contributed by atoms with Crippen LogP contribution in [0.3, 0.4) is 0 Å². The van der Waals surface area contributed by atoms with Gasteiger partial charge < -0.3 is 9.88 Å². The molecule has 13 heteroatoms. The van der Waals surface area contributed by atoms with E-state index in [1.54, 1.807) is 25.2 Å². The van der Waals surface area contributed by atoms with Gasteiger partial charge in [-0.25, -0.2) is 8.42 Å². The van der Waals surface area contributed by atoms with Gasteiger partial charge in [0.2, 0.25) is 5.91 Å². The number of carbonyl (C=O) groups excluding carboxylic acids is 1. The average molecular weight is 505 g/mol. The van der Waals surface area contributed by atoms with Crippen molar-refractivity contribution in [2.75, 3.05) is 11.1 Å². The third-order valence-electron chi connectivity index (χ3n) is 4.25. The van der Waals surface area contributed by atoms with E-state index < -0.39 is 27.5 Å². The number of benzene rings is 2. The summed E-state index contributed by atoms with van der Waals surface area (Å²) in [5, 5.41) is 10.3. The van der Waals surface area contributed by atoms with Crippen LogP contribution in [0.1, 0.15) is 11.4 Å². The Hall–Kier alpha value is -2.57. The highest BCUT2D eigenvalue weighted by molar-refractivity contribution is 7.99. The minimum absolute atomic E-state index is 0.0385. The number of thioether (sulfide) groups is 1. The SMILES string of the molecule is Cn1c(CS(=O)(=O)c2ccccc2)nnc1SCC(=O)Nc1cc(C(F)(F)F)ccc1Cl. The Labute approximate surface area is 190 Å². The molecule has 170 valence electrons. The fraction of sp³-hybridized carbons (Fsp3) is 0.211. The summed E-state index contributed by atoms with van der Waals surface area (Å²) in [5.41, 5.74) is -1.11. The van der Waals surface area contributed by atoms with Gasteiger partial charge in [-0.05, 0) is 30.3 Å². The number of sulfone groups is 1. The van der Waals surface area contributed by atoms with E-state index in [2.05, 4.69) is 15.5 Å². The normalized spacial score (nSPS) is 12.0. The van der Waals surface area contributed by atoms with Gasteiger partial charge in [-0.1, -0.05) is 41.6 Å². The number of halogens is 4. The fourth-order valence-corrected chi connectivity index (χ4v) is 4.82. The molecule has 0 bridgehead atoms. The largest absolute Gasteiger partial charge is 0.416 e. The first-order chi connectivity index (χ1) is 15.0. The first-order valence-electron chi connectivity index (χ1n) is 8.93. The molecule has 32 heavy (non-hydrogen) atoms. The van der Waals surface area contributed by atoms with E-state index in [0.29, 0.717) is 0 Å². The van der Waals surface area contributed by atoms with Crippen molar-refractivity contribution < 1.29 is 26.4 Å².